The number of hydrogen-bond acceptors (Lipinski definition) is 5. The van der Waals surface area contributed by atoms with Gasteiger partial charge in [-0.1, -0.05) is 0 Å². The lowest BCUT2D eigenvalue weighted by Gasteiger charge is -2.01. The Bertz CT molecular complexity index is 339. The Balaban J connectivity index is 3.33. The van der Waals surface area contributed by atoms with Crippen molar-refractivity contribution in [1.82, 2.24) is 9.97 Å². The summed E-state index contributed by atoms with van der Waals surface area (Å²) in [5.74, 6) is -0.559. The minimum atomic E-state index is -0.710. The Kier molecular flexibility index (Phi) is 2.31. The number of amides is 1. The maximum atomic E-state index is 10.7. The zero-order chi connectivity index (χ0) is 9.30. The largest absolute Gasteiger partial charge is 0.382 e. The Hall–Kier alpha value is -1.12. The molecule has 0 spiro atoms. The number of nitrogens with zero attached hydrogens (tertiary/aromatic N) is 2. The van der Waals surface area contributed by atoms with Crippen LogP contribution in [0, 0.1) is 3.70 Å². The summed E-state index contributed by atoms with van der Waals surface area (Å²) in [7, 11) is 0. The van der Waals surface area contributed by atoms with E-state index in [1.54, 1.807) is 0 Å². The van der Waals surface area contributed by atoms with Crippen molar-refractivity contribution < 1.29 is 4.79 Å². The fraction of sp³-hybridized carbons (Fsp3) is 0. The summed E-state index contributed by atoms with van der Waals surface area (Å²) in [5.41, 5.74) is 15.6. The third-order valence-electron chi connectivity index (χ3n) is 1.14. The van der Waals surface area contributed by atoms with Crippen LogP contribution in [0.1, 0.15) is 10.5 Å². The zero-order valence-electron chi connectivity index (χ0n) is 5.91. The van der Waals surface area contributed by atoms with Crippen molar-refractivity contribution in [3.05, 3.63) is 9.39 Å². The van der Waals surface area contributed by atoms with Gasteiger partial charge in [-0.2, -0.15) is 0 Å². The highest BCUT2D eigenvalue weighted by Gasteiger charge is 2.11. The molecule has 0 aliphatic rings. The first-order valence-electron chi connectivity index (χ1n) is 2.90. The molecule has 6 N–H and O–H groups in total. The number of anilines is 2. The number of carbonyl (C=O) groups excluding carboxylic acids is 1. The Morgan fingerprint density at radius 1 is 1.25 bits per heavy atom. The van der Waals surface area contributed by atoms with Crippen LogP contribution < -0.4 is 17.2 Å². The van der Waals surface area contributed by atoms with Crippen LogP contribution in [0.5, 0.6) is 0 Å². The van der Waals surface area contributed by atoms with Gasteiger partial charge in [-0.15, -0.1) is 0 Å². The van der Waals surface area contributed by atoms with Gasteiger partial charge in [0.2, 0.25) is 0 Å². The van der Waals surface area contributed by atoms with Gasteiger partial charge in [0.25, 0.3) is 5.91 Å². The number of rotatable bonds is 1. The molecule has 0 aromatic carbocycles. The number of nitrogens with two attached hydrogens (primary N) is 3. The van der Waals surface area contributed by atoms with E-state index < -0.39 is 5.91 Å². The number of halogens is 1. The molecule has 0 fully saturated rings. The first-order chi connectivity index (χ1) is 5.52. The Labute approximate surface area is 81.7 Å². The van der Waals surface area contributed by atoms with E-state index >= 15 is 0 Å². The van der Waals surface area contributed by atoms with Gasteiger partial charge in [0.05, 0.1) is 0 Å². The molecule has 1 aromatic heterocycles. The van der Waals surface area contributed by atoms with Gasteiger partial charge in [0.1, 0.15) is 3.70 Å². The number of nitrogen functional groups attached to an aromatic ring is 2. The molecule has 1 heterocycles. The summed E-state index contributed by atoms with van der Waals surface area (Å²) < 4.78 is 0.413. The summed E-state index contributed by atoms with van der Waals surface area (Å²) in [6.45, 7) is 0. The number of primary amides is 1. The lowest BCUT2D eigenvalue weighted by atomic mass is 10.4. The molecule has 12 heavy (non-hydrogen) atoms. The smallest absolute Gasteiger partial charge is 0.271 e. The van der Waals surface area contributed by atoms with Crippen LogP contribution in [0.3, 0.4) is 0 Å². The molecule has 64 valence electrons. The maximum absolute atomic E-state index is 10.7. The molecule has 0 unspecified atom stereocenters. The number of hydrogen-bond donors (Lipinski definition) is 3. The average molecular weight is 279 g/mol. The first-order valence-corrected chi connectivity index (χ1v) is 3.98. The molecular formula is C5H6IN5O. The molecule has 0 aliphatic heterocycles. The van der Waals surface area contributed by atoms with Gasteiger partial charge in [-0.25, -0.2) is 9.97 Å². The van der Waals surface area contributed by atoms with E-state index in [4.69, 9.17) is 17.2 Å². The molecule has 0 aliphatic carbocycles. The van der Waals surface area contributed by atoms with E-state index in [-0.39, 0.29) is 17.3 Å². The van der Waals surface area contributed by atoms with Crippen molar-refractivity contribution in [2.45, 2.75) is 0 Å². The Morgan fingerprint density at radius 3 is 2.33 bits per heavy atom. The molecule has 1 amide bonds. The second kappa shape index (κ2) is 3.09. The van der Waals surface area contributed by atoms with E-state index in [1.807, 2.05) is 22.6 Å². The highest BCUT2D eigenvalue weighted by Crippen LogP contribution is 2.13. The molecule has 6 nitrogen and oxygen atoms in total. The maximum Gasteiger partial charge on any atom is 0.271 e. The molecule has 7 heteroatoms. The molecule has 1 aromatic rings. The minimum Gasteiger partial charge on any atom is -0.382 e. The minimum absolute atomic E-state index is 0.0413. The number of carbonyl (C=O) groups is 1. The number of aromatic nitrogens is 2. The average Bonchev–Trinajstić information content (AvgIpc) is 1.96. The van der Waals surface area contributed by atoms with Crippen LogP contribution in [0.25, 0.3) is 0 Å². The fourth-order valence-corrected chi connectivity index (χ4v) is 0.985. The van der Waals surface area contributed by atoms with Gasteiger partial charge >= 0.3 is 0 Å². The predicted octanol–water partition coefficient (Wildman–Crippen LogP) is -0.656. The van der Waals surface area contributed by atoms with Crippen molar-refractivity contribution >= 4 is 40.1 Å². The van der Waals surface area contributed by atoms with E-state index in [0.717, 1.165) is 0 Å². The van der Waals surface area contributed by atoms with E-state index in [1.165, 1.54) is 0 Å². The summed E-state index contributed by atoms with van der Waals surface area (Å²) in [5, 5.41) is 0. The van der Waals surface area contributed by atoms with Crippen LogP contribution in [-0.4, -0.2) is 15.9 Å². The molecular weight excluding hydrogens is 273 g/mol. The second-order valence-electron chi connectivity index (χ2n) is 2.00. The van der Waals surface area contributed by atoms with Gasteiger partial charge in [-0.3, -0.25) is 4.79 Å². The first kappa shape index (κ1) is 8.97. The van der Waals surface area contributed by atoms with E-state index in [9.17, 15) is 4.79 Å². The van der Waals surface area contributed by atoms with Crippen LogP contribution in [0.2, 0.25) is 0 Å². The highest BCUT2D eigenvalue weighted by molar-refractivity contribution is 14.1. The van der Waals surface area contributed by atoms with E-state index in [2.05, 4.69) is 9.97 Å². The van der Waals surface area contributed by atoms with Crippen LogP contribution >= 0.6 is 22.6 Å². The lowest BCUT2D eigenvalue weighted by molar-refractivity contribution is 0.0996. The van der Waals surface area contributed by atoms with Crippen LogP contribution in [0.4, 0.5) is 11.6 Å². The highest BCUT2D eigenvalue weighted by atomic mass is 127. The second-order valence-corrected chi connectivity index (χ2v) is 3.02. The summed E-state index contributed by atoms with van der Waals surface area (Å²) in [4.78, 5) is 18.1. The summed E-state index contributed by atoms with van der Waals surface area (Å²) in [6.07, 6.45) is 0. The summed E-state index contributed by atoms with van der Waals surface area (Å²) >= 11 is 1.84. The predicted molar refractivity (Wildman–Crippen MR) is 52.1 cm³/mol. The van der Waals surface area contributed by atoms with Crippen molar-refractivity contribution in [2.24, 2.45) is 5.73 Å². The quantitative estimate of drug-likeness (QED) is 0.589. The molecule has 0 atom stereocenters. The van der Waals surface area contributed by atoms with Crippen molar-refractivity contribution in [2.75, 3.05) is 11.5 Å². The molecule has 0 bridgehead atoms. The Morgan fingerprint density at radius 2 is 1.83 bits per heavy atom. The molecule has 1 rings (SSSR count). The lowest BCUT2D eigenvalue weighted by Crippen LogP contribution is -2.18. The van der Waals surface area contributed by atoms with Gasteiger partial charge < -0.3 is 17.2 Å². The SMILES string of the molecule is NC(=O)c1nc(I)c(N)nc1N. The topological polar surface area (TPSA) is 121 Å². The molecule has 0 saturated carbocycles. The van der Waals surface area contributed by atoms with Crippen LogP contribution in [0.15, 0.2) is 0 Å². The fourth-order valence-electron chi connectivity index (χ4n) is 0.623. The van der Waals surface area contributed by atoms with Crippen molar-refractivity contribution in [1.29, 1.82) is 0 Å². The zero-order valence-corrected chi connectivity index (χ0v) is 8.07. The van der Waals surface area contributed by atoms with Gasteiger partial charge in [-0.05, 0) is 22.6 Å². The monoisotopic (exact) mass is 279 g/mol. The molecule has 0 radical (unpaired) electrons. The van der Waals surface area contributed by atoms with Gasteiger partial charge in [0, 0.05) is 0 Å². The third kappa shape index (κ3) is 1.55. The van der Waals surface area contributed by atoms with Gasteiger partial charge in [0.15, 0.2) is 17.3 Å². The third-order valence-corrected chi connectivity index (χ3v) is 1.93. The van der Waals surface area contributed by atoms with E-state index in [0.29, 0.717) is 3.70 Å². The standard InChI is InChI=1S/C5H6IN5O/c6-2-4(8)11-3(7)1(10-2)5(9)12/h(H2,9,12)(H4,7,8,11). The molecule has 0 saturated heterocycles. The van der Waals surface area contributed by atoms with Crippen LogP contribution in [-0.2, 0) is 0 Å². The normalized spacial score (nSPS) is 9.75. The summed E-state index contributed by atoms with van der Waals surface area (Å²) in [6, 6.07) is 0. The van der Waals surface area contributed by atoms with Crippen molar-refractivity contribution in [3.8, 4) is 0 Å². The van der Waals surface area contributed by atoms with Crippen molar-refractivity contribution in [3.63, 3.8) is 0 Å².